The smallest absolute Gasteiger partial charge is 0.235 e. The Morgan fingerprint density at radius 2 is 1.75 bits per heavy atom. The first-order valence-electron chi connectivity index (χ1n) is 7.95. The number of nitrogens with zero attached hydrogens (tertiary/aromatic N) is 2. The number of rotatable bonds is 3. The lowest BCUT2D eigenvalue weighted by Crippen LogP contribution is -2.56. The molecule has 3 rings (SSSR count). The van der Waals surface area contributed by atoms with Crippen LogP contribution < -0.4 is 4.90 Å². The van der Waals surface area contributed by atoms with Gasteiger partial charge < -0.3 is 4.90 Å². The normalized spacial score (nSPS) is 19.5. The van der Waals surface area contributed by atoms with Crippen LogP contribution in [-0.2, 0) is 4.79 Å². The van der Waals surface area contributed by atoms with Crippen LogP contribution in [0.2, 0.25) is 5.02 Å². The average Bonchev–Trinajstić information content (AvgIpc) is 2.57. The van der Waals surface area contributed by atoms with Crippen molar-refractivity contribution in [1.29, 1.82) is 0 Å². The summed E-state index contributed by atoms with van der Waals surface area (Å²) in [5.74, 6) is 0.0198. The third kappa shape index (κ3) is 3.17. The number of amides is 1. The van der Waals surface area contributed by atoms with Gasteiger partial charge in [0.25, 0.3) is 0 Å². The molecule has 0 aliphatic carbocycles. The topological polar surface area (TPSA) is 23.6 Å². The minimum absolute atomic E-state index is 0.0198. The van der Waals surface area contributed by atoms with Crippen LogP contribution in [0.25, 0.3) is 0 Å². The largest absolute Gasteiger partial charge is 0.339 e. The van der Waals surface area contributed by atoms with Crippen LogP contribution in [0, 0.1) is 0 Å². The van der Waals surface area contributed by atoms with Gasteiger partial charge in [0.2, 0.25) is 5.91 Å². The number of thiocarbonyl (C=S) groups is 1. The molecule has 1 aliphatic heterocycles. The molecule has 2 aromatic carbocycles. The quantitative estimate of drug-likeness (QED) is 0.735. The molecule has 2 aromatic rings. The highest BCUT2D eigenvalue weighted by atomic mass is 35.5. The number of carbonyl (C=O) groups is 1. The molecule has 0 spiro atoms. The molecule has 0 unspecified atom stereocenters. The molecule has 3 nitrogen and oxygen atoms in total. The molecule has 0 bridgehead atoms. The zero-order valence-corrected chi connectivity index (χ0v) is 15.2. The minimum Gasteiger partial charge on any atom is -0.339 e. The predicted octanol–water partition coefficient (Wildman–Crippen LogP) is 4.81. The molecule has 0 aromatic heterocycles. The van der Waals surface area contributed by atoms with Crippen LogP contribution in [0.15, 0.2) is 54.6 Å². The van der Waals surface area contributed by atoms with Crippen molar-refractivity contribution in [3.8, 4) is 0 Å². The molecule has 0 N–H and O–H groups in total. The summed E-state index contributed by atoms with van der Waals surface area (Å²) >= 11 is 11.7. The van der Waals surface area contributed by atoms with Gasteiger partial charge in [-0.15, -0.1) is 0 Å². The van der Waals surface area contributed by atoms with E-state index in [-0.39, 0.29) is 18.0 Å². The van der Waals surface area contributed by atoms with E-state index >= 15 is 0 Å². The van der Waals surface area contributed by atoms with Crippen molar-refractivity contribution in [1.82, 2.24) is 4.90 Å². The van der Waals surface area contributed by atoms with Gasteiger partial charge in [0.05, 0.1) is 11.7 Å². The Balaban J connectivity index is 1.94. The number of hydrogen-bond donors (Lipinski definition) is 0. The van der Waals surface area contributed by atoms with Crippen molar-refractivity contribution in [2.24, 2.45) is 0 Å². The Labute approximate surface area is 152 Å². The maximum absolute atomic E-state index is 12.6. The van der Waals surface area contributed by atoms with Gasteiger partial charge in [-0.3, -0.25) is 9.69 Å². The van der Waals surface area contributed by atoms with E-state index in [9.17, 15) is 4.79 Å². The SMILES string of the molecule is C[C@H]1CC(=O)N(c2ccc(Cl)cc2)C(=S)N1[C@@H](C)c1ccccc1. The Bertz CT molecular complexity index is 748. The highest BCUT2D eigenvalue weighted by molar-refractivity contribution is 7.80. The molecule has 2 atom stereocenters. The van der Waals surface area contributed by atoms with E-state index in [0.29, 0.717) is 16.6 Å². The third-order valence-corrected chi connectivity index (χ3v) is 5.04. The molecule has 0 saturated carbocycles. The fourth-order valence-electron chi connectivity index (χ4n) is 3.14. The number of anilines is 1. The standard InChI is InChI=1S/C19H19ClN2OS/c1-13-12-18(23)22(17-10-8-16(20)9-11-17)19(24)21(13)14(2)15-6-4-3-5-7-15/h3-11,13-14H,12H2,1-2H3/t13-,14-/m0/s1. The van der Waals surface area contributed by atoms with Crippen LogP contribution in [0.4, 0.5) is 5.69 Å². The molecule has 1 aliphatic rings. The van der Waals surface area contributed by atoms with Crippen LogP contribution in [0.3, 0.4) is 0 Å². The van der Waals surface area contributed by atoms with E-state index in [1.165, 1.54) is 5.56 Å². The number of halogens is 1. The molecule has 124 valence electrons. The summed E-state index contributed by atoms with van der Waals surface area (Å²) in [5, 5.41) is 1.18. The first-order valence-corrected chi connectivity index (χ1v) is 8.73. The summed E-state index contributed by atoms with van der Waals surface area (Å²) in [6.45, 7) is 4.16. The highest BCUT2D eigenvalue weighted by Crippen LogP contribution is 2.32. The molecular weight excluding hydrogens is 340 g/mol. The fourth-order valence-corrected chi connectivity index (χ4v) is 3.81. The summed E-state index contributed by atoms with van der Waals surface area (Å²) in [7, 11) is 0. The molecular formula is C19H19ClN2OS. The second-order valence-corrected chi connectivity index (χ2v) is 6.84. The predicted molar refractivity (Wildman–Crippen MR) is 102 cm³/mol. The fraction of sp³-hybridized carbons (Fsp3) is 0.263. The monoisotopic (exact) mass is 358 g/mol. The van der Waals surface area contributed by atoms with Crippen molar-refractivity contribution in [2.75, 3.05) is 4.90 Å². The highest BCUT2D eigenvalue weighted by Gasteiger charge is 2.37. The van der Waals surface area contributed by atoms with Gasteiger partial charge in [-0.05, 0) is 55.9 Å². The lowest BCUT2D eigenvalue weighted by molar-refractivity contribution is -0.119. The maximum Gasteiger partial charge on any atom is 0.235 e. The van der Waals surface area contributed by atoms with Crippen molar-refractivity contribution in [3.05, 3.63) is 65.2 Å². The van der Waals surface area contributed by atoms with Gasteiger partial charge >= 0.3 is 0 Å². The molecule has 1 amide bonds. The third-order valence-electron chi connectivity index (χ3n) is 4.39. The molecule has 1 fully saturated rings. The van der Waals surface area contributed by atoms with Gasteiger partial charge in [0.15, 0.2) is 5.11 Å². The lowest BCUT2D eigenvalue weighted by atomic mass is 10.0. The Morgan fingerprint density at radius 1 is 1.12 bits per heavy atom. The second kappa shape index (κ2) is 6.91. The molecule has 5 heteroatoms. The van der Waals surface area contributed by atoms with E-state index < -0.39 is 0 Å². The van der Waals surface area contributed by atoms with Crippen LogP contribution in [0.5, 0.6) is 0 Å². The van der Waals surface area contributed by atoms with Gasteiger partial charge in [-0.2, -0.15) is 0 Å². The van der Waals surface area contributed by atoms with Crippen LogP contribution in [0.1, 0.15) is 31.9 Å². The second-order valence-electron chi connectivity index (χ2n) is 6.04. The zero-order chi connectivity index (χ0) is 17.3. The lowest BCUT2D eigenvalue weighted by Gasteiger charge is -2.44. The first-order chi connectivity index (χ1) is 11.5. The number of hydrogen-bond acceptors (Lipinski definition) is 2. The van der Waals surface area contributed by atoms with Gasteiger partial charge in [-0.1, -0.05) is 41.9 Å². The number of carbonyl (C=O) groups excluding carboxylic acids is 1. The summed E-state index contributed by atoms with van der Waals surface area (Å²) in [4.78, 5) is 16.3. The summed E-state index contributed by atoms with van der Waals surface area (Å²) < 4.78 is 0. The van der Waals surface area contributed by atoms with Crippen molar-refractivity contribution >= 4 is 40.5 Å². The molecule has 1 saturated heterocycles. The van der Waals surface area contributed by atoms with E-state index in [2.05, 4.69) is 24.0 Å². The van der Waals surface area contributed by atoms with Crippen molar-refractivity contribution < 1.29 is 4.79 Å². The molecule has 0 radical (unpaired) electrons. The van der Waals surface area contributed by atoms with Crippen LogP contribution >= 0.6 is 23.8 Å². The summed E-state index contributed by atoms with van der Waals surface area (Å²) in [5.41, 5.74) is 1.93. The summed E-state index contributed by atoms with van der Waals surface area (Å²) in [6, 6.07) is 17.6. The van der Waals surface area contributed by atoms with E-state index in [0.717, 1.165) is 5.69 Å². The van der Waals surface area contributed by atoms with Gasteiger partial charge in [0.1, 0.15) is 0 Å². The molecule has 24 heavy (non-hydrogen) atoms. The maximum atomic E-state index is 12.6. The molecule has 1 heterocycles. The Hall–Kier alpha value is -1.91. The first kappa shape index (κ1) is 16.9. The van der Waals surface area contributed by atoms with E-state index in [1.54, 1.807) is 17.0 Å². The van der Waals surface area contributed by atoms with E-state index in [4.69, 9.17) is 23.8 Å². The minimum atomic E-state index is 0.0198. The Kier molecular flexibility index (Phi) is 4.88. The van der Waals surface area contributed by atoms with Gasteiger partial charge in [0, 0.05) is 17.5 Å². The average molecular weight is 359 g/mol. The number of benzene rings is 2. The van der Waals surface area contributed by atoms with Gasteiger partial charge in [-0.25, -0.2) is 0 Å². The van der Waals surface area contributed by atoms with E-state index in [1.807, 2.05) is 37.3 Å². The summed E-state index contributed by atoms with van der Waals surface area (Å²) in [6.07, 6.45) is 0.430. The van der Waals surface area contributed by atoms with Crippen molar-refractivity contribution in [2.45, 2.75) is 32.4 Å². The zero-order valence-electron chi connectivity index (χ0n) is 13.6. The Morgan fingerprint density at radius 3 is 2.38 bits per heavy atom. The van der Waals surface area contributed by atoms with Crippen LogP contribution in [-0.4, -0.2) is 22.0 Å². The van der Waals surface area contributed by atoms with Crippen molar-refractivity contribution in [3.63, 3.8) is 0 Å².